The number of hydrogen-bond donors (Lipinski definition) is 3. The third-order valence-electron chi connectivity index (χ3n) is 4.06. The van der Waals surface area contributed by atoms with Crippen molar-refractivity contribution in [1.82, 2.24) is 25.7 Å². The van der Waals surface area contributed by atoms with Crippen LogP contribution in [0.5, 0.6) is 0 Å². The van der Waals surface area contributed by atoms with Gasteiger partial charge in [0.2, 0.25) is 11.8 Å². The smallest absolute Gasteiger partial charge is 0.272 e. The van der Waals surface area contributed by atoms with E-state index in [0.29, 0.717) is 61.2 Å². The maximum Gasteiger partial charge on any atom is 0.272 e. The SMILES string of the molecule is O=C(CCc1nc(CCCl)no1)NCCCNc1n[nH]c(=O)c2ccccc12. The molecule has 0 unspecified atom stereocenters. The van der Waals surface area contributed by atoms with Crippen LogP contribution in [-0.2, 0) is 17.6 Å². The van der Waals surface area contributed by atoms with Gasteiger partial charge in [0.25, 0.3) is 5.56 Å². The molecule has 9 nitrogen and oxygen atoms in total. The molecule has 0 spiro atoms. The van der Waals surface area contributed by atoms with E-state index >= 15 is 0 Å². The minimum atomic E-state index is -0.218. The number of nitrogens with zero attached hydrogens (tertiary/aromatic N) is 3. The van der Waals surface area contributed by atoms with Crippen molar-refractivity contribution in [1.29, 1.82) is 0 Å². The number of rotatable bonds is 10. The second-order valence-corrected chi connectivity index (χ2v) is 6.50. The van der Waals surface area contributed by atoms with Crippen LogP contribution < -0.4 is 16.2 Å². The second-order valence-electron chi connectivity index (χ2n) is 6.12. The molecular formula is C18H21ClN6O3. The fraction of sp³-hybridized carbons (Fsp3) is 0.389. The summed E-state index contributed by atoms with van der Waals surface area (Å²) in [5.74, 6) is 1.96. The van der Waals surface area contributed by atoms with E-state index in [1.807, 2.05) is 18.2 Å². The maximum absolute atomic E-state index is 11.9. The highest BCUT2D eigenvalue weighted by Gasteiger charge is 2.09. The van der Waals surface area contributed by atoms with Gasteiger partial charge in [-0.1, -0.05) is 23.4 Å². The lowest BCUT2D eigenvalue weighted by Gasteiger charge is -2.08. The molecular weight excluding hydrogens is 384 g/mol. The predicted molar refractivity (Wildman–Crippen MR) is 106 cm³/mol. The van der Waals surface area contributed by atoms with Crippen molar-refractivity contribution in [2.24, 2.45) is 0 Å². The molecule has 3 N–H and O–H groups in total. The molecule has 10 heteroatoms. The highest BCUT2D eigenvalue weighted by molar-refractivity contribution is 6.17. The average Bonchev–Trinajstić information content (AvgIpc) is 3.16. The lowest BCUT2D eigenvalue weighted by molar-refractivity contribution is -0.121. The maximum atomic E-state index is 11.9. The number of anilines is 1. The predicted octanol–water partition coefficient (Wildman–Crippen LogP) is 1.64. The van der Waals surface area contributed by atoms with Crippen LogP contribution in [0.15, 0.2) is 33.6 Å². The van der Waals surface area contributed by atoms with Gasteiger partial charge in [-0.05, 0) is 12.5 Å². The van der Waals surface area contributed by atoms with Crippen molar-refractivity contribution >= 4 is 34.1 Å². The molecule has 0 aliphatic rings. The number of aryl methyl sites for hydroxylation is 2. The molecule has 0 aliphatic heterocycles. The van der Waals surface area contributed by atoms with Gasteiger partial charge in [0.05, 0.1) is 5.39 Å². The second kappa shape index (κ2) is 9.84. The van der Waals surface area contributed by atoms with Gasteiger partial charge in [-0.3, -0.25) is 9.59 Å². The third kappa shape index (κ3) is 5.29. The first-order chi connectivity index (χ1) is 13.7. The number of H-pyrrole nitrogens is 1. The molecule has 0 aliphatic carbocycles. The Balaban J connectivity index is 1.37. The van der Waals surface area contributed by atoms with Crippen LogP contribution in [0.1, 0.15) is 24.6 Å². The summed E-state index contributed by atoms with van der Waals surface area (Å²) in [6.45, 7) is 1.13. The van der Waals surface area contributed by atoms with Crippen LogP contribution in [0.3, 0.4) is 0 Å². The Morgan fingerprint density at radius 2 is 2.00 bits per heavy atom. The Bertz CT molecular complexity index is 987. The van der Waals surface area contributed by atoms with Crippen molar-refractivity contribution in [3.63, 3.8) is 0 Å². The van der Waals surface area contributed by atoms with E-state index in [4.69, 9.17) is 16.1 Å². The van der Waals surface area contributed by atoms with Crippen molar-refractivity contribution in [2.75, 3.05) is 24.3 Å². The summed E-state index contributed by atoms with van der Waals surface area (Å²) in [6.07, 6.45) is 1.93. The number of aromatic nitrogens is 4. The Labute approximate surface area is 165 Å². The van der Waals surface area contributed by atoms with Crippen LogP contribution in [0, 0.1) is 0 Å². The number of benzene rings is 1. The molecule has 148 valence electrons. The van der Waals surface area contributed by atoms with Crippen molar-refractivity contribution in [2.45, 2.75) is 25.7 Å². The zero-order chi connectivity index (χ0) is 19.8. The van der Waals surface area contributed by atoms with Gasteiger partial charge >= 0.3 is 0 Å². The van der Waals surface area contributed by atoms with E-state index in [0.717, 1.165) is 5.39 Å². The lowest BCUT2D eigenvalue weighted by Crippen LogP contribution is -2.26. The number of halogens is 1. The molecule has 0 atom stereocenters. The van der Waals surface area contributed by atoms with Crippen LogP contribution in [0.25, 0.3) is 10.8 Å². The minimum Gasteiger partial charge on any atom is -0.368 e. The van der Waals surface area contributed by atoms with E-state index in [1.54, 1.807) is 6.07 Å². The molecule has 2 aromatic heterocycles. The number of carbonyl (C=O) groups excluding carboxylic acids is 1. The van der Waals surface area contributed by atoms with Gasteiger partial charge in [-0.25, -0.2) is 5.10 Å². The van der Waals surface area contributed by atoms with Crippen LogP contribution in [0.2, 0.25) is 0 Å². The number of aromatic amines is 1. The molecule has 0 bridgehead atoms. The van der Waals surface area contributed by atoms with Crippen LogP contribution in [-0.4, -0.2) is 45.2 Å². The largest absolute Gasteiger partial charge is 0.368 e. The summed E-state index contributed by atoms with van der Waals surface area (Å²) >= 11 is 5.62. The van der Waals surface area contributed by atoms with Gasteiger partial charge in [-0.2, -0.15) is 10.1 Å². The van der Waals surface area contributed by atoms with Crippen molar-refractivity contribution < 1.29 is 9.32 Å². The molecule has 0 saturated carbocycles. The topological polar surface area (TPSA) is 126 Å². The quantitative estimate of drug-likeness (QED) is 0.346. The summed E-state index contributed by atoms with van der Waals surface area (Å²) in [4.78, 5) is 27.8. The zero-order valence-corrected chi connectivity index (χ0v) is 16.0. The number of hydrogen-bond acceptors (Lipinski definition) is 7. The van der Waals surface area contributed by atoms with Gasteiger partial charge < -0.3 is 15.2 Å². The summed E-state index contributed by atoms with van der Waals surface area (Å²) in [5.41, 5.74) is -0.218. The lowest BCUT2D eigenvalue weighted by atomic mass is 10.2. The number of alkyl halides is 1. The summed E-state index contributed by atoms with van der Waals surface area (Å²) in [5, 5.41) is 17.7. The normalized spacial score (nSPS) is 10.9. The number of fused-ring (bicyclic) bond motifs is 1. The molecule has 3 rings (SSSR count). The fourth-order valence-electron chi connectivity index (χ4n) is 2.66. The van der Waals surface area contributed by atoms with Gasteiger partial charge in [-0.15, -0.1) is 11.6 Å². The van der Waals surface area contributed by atoms with Gasteiger partial charge in [0.1, 0.15) is 0 Å². The average molecular weight is 405 g/mol. The number of nitrogens with one attached hydrogen (secondary N) is 3. The van der Waals surface area contributed by atoms with Crippen LogP contribution in [0.4, 0.5) is 5.82 Å². The van der Waals surface area contributed by atoms with Crippen molar-refractivity contribution in [3.8, 4) is 0 Å². The molecule has 28 heavy (non-hydrogen) atoms. The highest BCUT2D eigenvalue weighted by Crippen LogP contribution is 2.16. The first-order valence-corrected chi connectivity index (χ1v) is 9.56. The first kappa shape index (κ1) is 19.8. The summed E-state index contributed by atoms with van der Waals surface area (Å²) < 4.78 is 5.06. The van der Waals surface area contributed by atoms with Crippen LogP contribution >= 0.6 is 11.6 Å². The van der Waals surface area contributed by atoms with Gasteiger partial charge in [0.15, 0.2) is 11.6 Å². The third-order valence-corrected chi connectivity index (χ3v) is 4.25. The standard InChI is InChI=1S/C18H21ClN6O3/c19-9-8-14-22-16(28-25-14)7-6-15(26)20-10-3-11-21-17-12-4-1-2-5-13(12)18(27)24-23-17/h1-2,4-5H,3,6-11H2,(H,20,26)(H,21,23)(H,24,27). The molecule has 0 radical (unpaired) electrons. The molecule has 3 aromatic rings. The molecule has 1 amide bonds. The van der Waals surface area contributed by atoms with E-state index in [9.17, 15) is 9.59 Å². The van der Waals surface area contributed by atoms with E-state index in [-0.39, 0.29) is 17.9 Å². The Hall–Kier alpha value is -2.94. The van der Waals surface area contributed by atoms with E-state index < -0.39 is 0 Å². The van der Waals surface area contributed by atoms with E-state index in [2.05, 4.69) is 31.0 Å². The fourth-order valence-corrected chi connectivity index (χ4v) is 2.83. The molecule has 0 saturated heterocycles. The van der Waals surface area contributed by atoms with E-state index in [1.165, 1.54) is 0 Å². The van der Waals surface area contributed by atoms with Gasteiger partial charge in [0, 0.05) is 43.6 Å². The highest BCUT2D eigenvalue weighted by atomic mass is 35.5. The Morgan fingerprint density at radius 1 is 1.18 bits per heavy atom. The molecule has 1 aromatic carbocycles. The summed E-state index contributed by atoms with van der Waals surface area (Å²) in [7, 11) is 0. The Morgan fingerprint density at radius 3 is 2.82 bits per heavy atom. The first-order valence-electron chi connectivity index (χ1n) is 9.03. The zero-order valence-electron chi connectivity index (χ0n) is 15.2. The molecule has 2 heterocycles. The Kier molecular flexibility index (Phi) is 6.96. The minimum absolute atomic E-state index is 0.0790. The number of amides is 1. The summed E-state index contributed by atoms with van der Waals surface area (Å²) in [6, 6.07) is 7.27. The number of carbonyl (C=O) groups is 1. The van der Waals surface area contributed by atoms with Crippen molar-refractivity contribution in [3.05, 3.63) is 46.3 Å². The monoisotopic (exact) mass is 404 g/mol. The molecule has 0 fully saturated rings.